The number of nitrogens with zero attached hydrogens (tertiary/aromatic N) is 1. The second-order valence-corrected chi connectivity index (χ2v) is 4.29. The van der Waals surface area contributed by atoms with E-state index < -0.39 is 0 Å². The summed E-state index contributed by atoms with van der Waals surface area (Å²) in [6.45, 7) is 3.99. The molecule has 0 aromatic heterocycles. The molecule has 18 heavy (non-hydrogen) atoms. The highest BCUT2D eigenvalue weighted by Gasteiger charge is 2.23. The highest BCUT2D eigenvalue weighted by molar-refractivity contribution is 5.78. The van der Waals surface area contributed by atoms with Crippen molar-refractivity contribution in [2.45, 2.75) is 25.8 Å². The van der Waals surface area contributed by atoms with E-state index in [-0.39, 0.29) is 31.1 Å². The molecule has 1 rings (SSSR count). The molecular weight excluding hydrogens is 236 g/mol. The SMILES string of the molecule is CCOCC(=O)N1CCC(NC(=O)COC)CC1. The summed E-state index contributed by atoms with van der Waals surface area (Å²) in [5.74, 6) is -0.0740. The average Bonchev–Trinajstić information content (AvgIpc) is 2.37. The molecule has 1 saturated heterocycles. The van der Waals surface area contributed by atoms with Crippen LogP contribution in [0, 0.1) is 0 Å². The molecule has 0 bridgehead atoms. The maximum Gasteiger partial charge on any atom is 0.248 e. The summed E-state index contributed by atoms with van der Waals surface area (Å²) >= 11 is 0. The minimum absolute atomic E-state index is 0.0264. The van der Waals surface area contributed by atoms with Gasteiger partial charge in [-0.3, -0.25) is 9.59 Å². The Morgan fingerprint density at radius 1 is 1.28 bits per heavy atom. The second kappa shape index (κ2) is 8.05. The molecule has 1 heterocycles. The Hall–Kier alpha value is -1.14. The van der Waals surface area contributed by atoms with E-state index >= 15 is 0 Å². The fraction of sp³-hybridized carbons (Fsp3) is 0.833. The Morgan fingerprint density at radius 2 is 1.94 bits per heavy atom. The third-order valence-corrected chi connectivity index (χ3v) is 2.92. The monoisotopic (exact) mass is 258 g/mol. The molecule has 6 heteroatoms. The van der Waals surface area contributed by atoms with E-state index in [4.69, 9.17) is 9.47 Å². The standard InChI is InChI=1S/C12H22N2O4/c1-3-18-9-12(16)14-6-4-10(5-7-14)13-11(15)8-17-2/h10H,3-9H2,1-2H3,(H,13,15). The topological polar surface area (TPSA) is 67.9 Å². The van der Waals surface area contributed by atoms with Gasteiger partial charge in [-0.1, -0.05) is 0 Å². The lowest BCUT2D eigenvalue weighted by molar-refractivity contribution is -0.137. The summed E-state index contributed by atoms with van der Waals surface area (Å²) in [4.78, 5) is 24.8. The first kappa shape index (κ1) is 14.9. The highest BCUT2D eigenvalue weighted by atomic mass is 16.5. The van der Waals surface area contributed by atoms with E-state index in [9.17, 15) is 9.59 Å². The van der Waals surface area contributed by atoms with Crippen molar-refractivity contribution in [2.24, 2.45) is 0 Å². The Morgan fingerprint density at radius 3 is 2.50 bits per heavy atom. The molecular formula is C12H22N2O4. The van der Waals surface area contributed by atoms with Gasteiger partial charge < -0.3 is 19.7 Å². The van der Waals surface area contributed by atoms with Crippen molar-refractivity contribution in [1.82, 2.24) is 10.2 Å². The smallest absolute Gasteiger partial charge is 0.248 e. The zero-order chi connectivity index (χ0) is 13.4. The number of carbonyl (C=O) groups is 2. The molecule has 0 radical (unpaired) electrons. The number of likely N-dealkylation sites (tertiary alicyclic amines) is 1. The molecule has 0 atom stereocenters. The summed E-state index contributed by atoms with van der Waals surface area (Å²) in [6, 6.07) is 0.142. The molecule has 2 amide bonds. The molecule has 0 aliphatic carbocycles. The number of nitrogens with one attached hydrogen (secondary N) is 1. The zero-order valence-corrected chi connectivity index (χ0v) is 11.1. The van der Waals surface area contributed by atoms with Crippen LogP contribution in [0.4, 0.5) is 0 Å². The highest BCUT2D eigenvalue weighted by Crippen LogP contribution is 2.10. The van der Waals surface area contributed by atoms with Gasteiger partial charge in [0, 0.05) is 32.8 Å². The predicted octanol–water partition coefficient (Wildman–Crippen LogP) is -0.223. The van der Waals surface area contributed by atoms with E-state index in [2.05, 4.69) is 5.32 Å². The third kappa shape index (κ3) is 5.01. The van der Waals surface area contributed by atoms with Crippen molar-refractivity contribution in [2.75, 3.05) is 40.0 Å². The molecule has 1 N–H and O–H groups in total. The second-order valence-electron chi connectivity index (χ2n) is 4.29. The molecule has 104 valence electrons. The van der Waals surface area contributed by atoms with Crippen LogP contribution in [0.2, 0.25) is 0 Å². The van der Waals surface area contributed by atoms with Gasteiger partial charge in [-0.15, -0.1) is 0 Å². The zero-order valence-electron chi connectivity index (χ0n) is 11.1. The van der Waals surface area contributed by atoms with Crippen LogP contribution in [0.5, 0.6) is 0 Å². The van der Waals surface area contributed by atoms with Crippen molar-refractivity contribution >= 4 is 11.8 Å². The van der Waals surface area contributed by atoms with Crippen molar-refractivity contribution in [1.29, 1.82) is 0 Å². The number of hydrogen-bond acceptors (Lipinski definition) is 4. The van der Waals surface area contributed by atoms with Crippen molar-refractivity contribution in [3.05, 3.63) is 0 Å². The number of rotatable bonds is 6. The molecule has 0 unspecified atom stereocenters. The number of ether oxygens (including phenoxy) is 2. The Bertz CT molecular complexity index is 275. The first-order chi connectivity index (χ1) is 8.67. The summed E-state index contributed by atoms with van der Waals surface area (Å²) in [6.07, 6.45) is 1.57. The lowest BCUT2D eigenvalue weighted by Gasteiger charge is -2.32. The summed E-state index contributed by atoms with van der Waals surface area (Å²) in [5.41, 5.74) is 0. The summed E-state index contributed by atoms with van der Waals surface area (Å²) in [7, 11) is 1.49. The van der Waals surface area contributed by atoms with Gasteiger partial charge in [0.25, 0.3) is 0 Å². The van der Waals surface area contributed by atoms with Crippen LogP contribution >= 0.6 is 0 Å². The molecule has 1 fully saturated rings. The molecule has 6 nitrogen and oxygen atoms in total. The van der Waals surface area contributed by atoms with Gasteiger partial charge in [0.05, 0.1) is 0 Å². The van der Waals surface area contributed by atoms with Gasteiger partial charge in [-0.2, -0.15) is 0 Å². The molecule has 0 aromatic rings. The third-order valence-electron chi connectivity index (χ3n) is 2.92. The lowest BCUT2D eigenvalue weighted by atomic mass is 10.1. The maximum absolute atomic E-state index is 11.7. The molecule has 1 aliphatic rings. The van der Waals surface area contributed by atoms with Crippen molar-refractivity contribution in [3.8, 4) is 0 Å². The maximum atomic E-state index is 11.7. The van der Waals surface area contributed by atoms with Crippen LogP contribution in [0.15, 0.2) is 0 Å². The minimum atomic E-state index is -0.100. The first-order valence-corrected chi connectivity index (χ1v) is 6.31. The molecule has 0 aromatic carbocycles. The van der Waals surface area contributed by atoms with E-state index in [0.717, 1.165) is 12.8 Å². The Kier molecular flexibility index (Phi) is 6.67. The largest absolute Gasteiger partial charge is 0.375 e. The Balaban J connectivity index is 2.23. The van der Waals surface area contributed by atoms with E-state index in [0.29, 0.717) is 19.7 Å². The van der Waals surface area contributed by atoms with Crippen molar-refractivity contribution < 1.29 is 19.1 Å². The van der Waals surface area contributed by atoms with Gasteiger partial charge >= 0.3 is 0 Å². The molecule has 1 aliphatic heterocycles. The van der Waals surface area contributed by atoms with Crippen LogP contribution in [-0.4, -0.2) is 62.8 Å². The van der Waals surface area contributed by atoms with Gasteiger partial charge in [0.2, 0.25) is 11.8 Å². The number of hydrogen-bond donors (Lipinski definition) is 1. The Labute approximate surface area is 108 Å². The fourth-order valence-electron chi connectivity index (χ4n) is 1.95. The van der Waals surface area contributed by atoms with Crippen molar-refractivity contribution in [3.63, 3.8) is 0 Å². The predicted molar refractivity (Wildman–Crippen MR) is 66.1 cm³/mol. The fourth-order valence-corrected chi connectivity index (χ4v) is 1.95. The number of methoxy groups -OCH3 is 1. The van der Waals surface area contributed by atoms with Crippen LogP contribution < -0.4 is 5.32 Å². The number of amides is 2. The van der Waals surface area contributed by atoms with Gasteiger partial charge in [-0.25, -0.2) is 0 Å². The van der Waals surface area contributed by atoms with Gasteiger partial charge in [-0.05, 0) is 19.8 Å². The van der Waals surface area contributed by atoms with E-state index in [1.165, 1.54) is 7.11 Å². The molecule has 0 saturated carbocycles. The molecule has 0 spiro atoms. The first-order valence-electron chi connectivity index (χ1n) is 6.31. The van der Waals surface area contributed by atoms with Gasteiger partial charge in [0.15, 0.2) is 0 Å². The summed E-state index contributed by atoms with van der Waals surface area (Å²) in [5, 5.41) is 2.89. The summed E-state index contributed by atoms with van der Waals surface area (Å²) < 4.78 is 9.85. The quantitative estimate of drug-likeness (QED) is 0.715. The lowest BCUT2D eigenvalue weighted by Crippen LogP contribution is -2.48. The van der Waals surface area contributed by atoms with Crippen LogP contribution in [0.25, 0.3) is 0 Å². The van der Waals surface area contributed by atoms with Crippen LogP contribution in [0.3, 0.4) is 0 Å². The van der Waals surface area contributed by atoms with Gasteiger partial charge in [0.1, 0.15) is 13.2 Å². The van der Waals surface area contributed by atoms with Crippen LogP contribution in [0.1, 0.15) is 19.8 Å². The van der Waals surface area contributed by atoms with E-state index in [1.807, 2.05) is 6.92 Å². The number of carbonyl (C=O) groups excluding carboxylic acids is 2. The normalized spacial score (nSPS) is 16.7. The number of piperidine rings is 1. The minimum Gasteiger partial charge on any atom is -0.375 e. The van der Waals surface area contributed by atoms with E-state index in [1.54, 1.807) is 4.90 Å². The van der Waals surface area contributed by atoms with Crippen LogP contribution in [-0.2, 0) is 19.1 Å². The average molecular weight is 258 g/mol.